The average molecular weight is 226 g/mol. The van der Waals surface area contributed by atoms with Gasteiger partial charge < -0.3 is 5.32 Å². The fourth-order valence-corrected chi connectivity index (χ4v) is 2.20. The van der Waals surface area contributed by atoms with Crippen molar-refractivity contribution in [3.8, 4) is 0 Å². The summed E-state index contributed by atoms with van der Waals surface area (Å²) in [6, 6.07) is 0.596. The van der Waals surface area contributed by atoms with Gasteiger partial charge in [-0.25, -0.2) is 4.98 Å². The molecule has 0 aliphatic rings. The molecule has 0 spiro atoms. The summed E-state index contributed by atoms with van der Waals surface area (Å²) in [6.45, 7) is 9.86. The Labute approximate surface area is 97.1 Å². The number of thiazole rings is 1. The van der Waals surface area contributed by atoms with Gasteiger partial charge in [0.2, 0.25) is 0 Å². The van der Waals surface area contributed by atoms with Gasteiger partial charge in [0.15, 0.2) is 0 Å². The molecule has 0 amide bonds. The zero-order valence-electron chi connectivity index (χ0n) is 10.2. The van der Waals surface area contributed by atoms with E-state index in [0.717, 1.165) is 18.9 Å². The first-order valence-electron chi connectivity index (χ1n) is 5.72. The standard InChI is InChI=1S/C12H22N2S/c1-9(2)13-6-5-10(3)7-12-8-15-11(4)14-12/h8-10,13H,5-7H2,1-4H3. The molecule has 0 saturated carbocycles. The van der Waals surface area contributed by atoms with E-state index in [1.807, 2.05) is 0 Å². The molecule has 1 N–H and O–H groups in total. The topological polar surface area (TPSA) is 24.9 Å². The minimum absolute atomic E-state index is 0.596. The van der Waals surface area contributed by atoms with E-state index in [2.05, 4.69) is 43.4 Å². The van der Waals surface area contributed by atoms with Crippen LogP contribution in [0, 0.1) is 12.8 Å². The van der Waals surface area contributed by atoms with Crippen molar-refractivity contribution in [2.45, 2.75) is 46.6 Å². The molecule has 3 heteroatoms. The van der Waals surface area contributed by atoms with Crippen molar-refractivity contribution in [3.05, 3.63) is 16.1 Å². The predicted molar refractivity (Wildman–Crippen MR) is 67.5 cm³/mol. The van der Waals surface area contributed by atoms with Crippen LogP contribution in [0.3, 0.4) is 0 Å². The van der Waals surface area contributed by atoms with Crippen molar-refractivity contribution in [3.63, 3.8) is 0 Å². The fourth-order valence-electron chi connectivity index (χ4n) is 1.58. The molecular formula is C12H22N2S. The van der Waals surface area contributed by atoms with Gasteiger partial charge in [-0.05, 0) is 32.2 Å². The Bertz CT molecular complexity index is 281. The van der Waals surface area contributed by atoms with E-state index in [9.17, 15) is 0 Å². The van der Waals surface area contributed by atoms with Crippen LogP contribution >= 0.6 is 11.3 Å². The van der Waals surface area contributed by atoms with E-state index in [1.165, 1.54) is 17.1 Å². The highest BCUT2D eigenvalue weighted by Gasteiger charge is 2.06. The van der Waals surface area contributed by atoms with Crippen molar-refractivity contribution < 1.29 is 0 Å². The summed E-state index contributed by atoms with van der Waals surface area (Å²) >= 11 is 1.75. The van der Waals surface area contributed by atoms with Crippen LogP contribution in [-0.4, -0.2) is 17.6 Å². The molecule has 0 aliphatic carbocycles. The van der Waals surface area contributed by atoms with Gasteiger partial charge in [0.1, 0.15) is 0 Å². The molecule has 1 rings (SSSR count). The van der Waals surface area contributed by atoms with E-state index in [-0.39, 0.29) is 0 Å². The van der Waals surface area contributed by atoms with Gasteiger partial charge in [-0.15, -0.1) is 11.3 Å². The molecular weight excluding hydrogens is 204 g/mol. The van der Waals surface area contributed by atoms with Gasteiger partial charge in [-0.1, -0.05) is 20.8 Å². The van der Waals surface area contributed by atoms with Gasteiger partial charge in [0.25, 0.3) is 0 Å². The number of hydrogen-bond acceptors (Lipinski definition) is 3. The highest BCUT2D eigenvalue weighted by molar-refractivity contribution is 7.09. The van der Waals surface area contributed by atoms with Crippen LogP contribution in [0.5, 0.6) is 0 Å². The maximum Gasteiger partial charge on any atom is 0.0897 e. The molecule has 2 nitrogen and oxygen atoms in total. The Morgan fingerprint density at radius 1 is 1.40 bits per heavy atom. The van der Waals surface area contributed by atoms with Crippen LogP contribution in [0.2, 0.25) is 0 Å². The molecule has 1 aromatic rings. The maximum absolute atomic E-state index is 4.49. The molecule has 0 aliphatic heterocycles. The van der Waals surface area contributed by atoms with Crippen LogP contribution in [-0.2, 0) is 6.42 Å². The van der Waals surface area contributed by atoms with Gasteiger partial charge in [-0.2, -0.15) is 0 Å². The van der Waals surface area contributed by atoms with E-state index in [0.29, 0.717) is 6.04 Å². The van der Waals surface area contributed by atoms with E-state index in [4.69, 9.17) is 0 Å². The Hall–Kier alpha value is -0.410. The zero-order valence-corrected chi connectivity index (χ0v) is 11.0. The van der Waals surface area contributed by atoms with Crippen LogP contribution in [0.1, 0.15) is 37.9 Å². The summed E-state index contributed by atoms with van der Waals surface area (Å²) in [4.78, 5) is 4.49. The minimum Gasteiger partial charge on any atom is -0.315 e. The minimum atomic E-state index is 0.596. The smallest absolute Gasteiger partial charge is 0.0897 e. The molecule has 0 saturated heterocycles. The summed E-state index contributed by atoms with van der Waals surface area (Å²) < 4.78 is 0. The lowest BCUT2D eigenvalue weighted by atomic mass is 10.0. The summed E-state index contributed by atoms with van der Waals surface area (Å²) in [5.41, 5.74) is 1.26. The summed E-state index contributed by atoms with van der Waals surface area (Å²) in [5.74, 6) is 0.720. The lowest BCUT2D eigenvalue weighted by Crippen LogP contribution is -2.25. The number of aryl methyl sites for hydroxylation is 1. The lowest BCUT2D eigenvalue weighted by molar-refractivity contribution is 0.473. The largest absolute Gasteiger partial charge is 0.315 e. The lowest BCUT2D eigenvalue weighted by Gasteiger charge is -2.12. The third-order valence-electron chi connectivity index (χ3n) is 2.41. The van der Waals surface area contributed by atoms with Gasteiger partial charge in [-0.3, -0.25) is 0 Å². The summed E-state index contributed by atoms with van der Waals surface area (Å²) in [5, 5.41) is 6.81. The van der Waals surface area contributed by atoms with Gasteiger partial charge in [0.05, 0.1) is 10.7 Å². The summed E-state index contributed by atoms with van der Waals surface area (Å²) in [7, 11) is 0. The van der Waals surface area contributed by atoms with E-state index in [1.54, 1.807) is 11.3 Å². The maximum atomic E-state index is 4.49. The Morgan fingerprint density at radius 3 is 2.67 bits per heavy atom. The molecule has 1 heterocycles. The molecule has 1 aromatic heterocycles. The van der Waals surface area contributed by atoms with Crippen molar-refractivity contribution in [1.82, 2.24) is 10.3 Å². The first-order valence-corrected chi connectivity index (χ1v) is 6.60. The third kappa shape index (κ3) is 5.28. The highest BCUT2D eigenvalue weighted by Crippen LogP contribution is 2.14. The fraction of sp³-hybridized carbons (Fsp3) is 0.750. The van der Waals surface area contributed by atoms with Crippen LogP contribution in [0.15, 0.2) is 5.38 Å². The first-order chi connectivity index (χ1) is 7.08. The van der Waals surface area contributed by atoms with Gasteiger partial charge in [0, 0.05) is 11.4 Å². The summed E-state index contributed by atoms with van der Waals surface area (Å²) in [6.07, 6.45) is 2.35. The monoisotopic (exact) mass is 226 g/mol. The number of hydrogen-bond donors (Lipinski definition) is 1. The molecule has 0 bridgehead atoms. The average Bonchev–Trinajstić information content (AvgIpc) is 2.50. The van der Waals surface area contributed by atoms with Crippen molar-refractivity contribution in [2.75, 3.05) is 6.54 Å². The van der Waals surface area contributed by atoms with Crippen molar-refractivity contribution in [2.24, 2.45) is 5.92 Å². The zero-order chi connectivity index (χ0) is 11.3. The Morgan fingerprint density at radius 2 is 2.13 bits per heavy atom. The molecule has 1 unspecified atom stereocenters. The Balaban J connectivity index is 2.21. The number of rotatable bonds is 6. The second kappa shape index (κ2) is 6.23. The normalized spacial score (nSPS) is 13.4. The van der Waals surface area contributed by atoms with Crippen LogP contribution < -0.4 is 5.32 Å². The molecule has 1 atom stereocenters. The highest BCUT2D eigenvalue weighted by atomic mass is 32.1. The number of nitrogens with one attached hydrogen (secondary N) is 1. The molecule has 0 radical (unpaired) electrons. The second-order valence-electron chi connectivity index (χ2n) is 4.56. The van der Waals surface area contributed by atoms with E-state index >= 15 is 0 Å². The van der Waals surface area contributed by atoms with Crippen LogP contribution in [0.25, 0.3) is 0 Å². The number of aromatic nitrogens is 1. The second-order valence-corrected chi connectivity index (χ2v) is 5.63. The van der Waals surface area contributed by atoms with Crippen molar-refractivity contribution in [1.29, 1.82) is 0 Å². The molecule has 0 fully saturated rings. The first kappa shape index (κ1) is 12.7. The van der Waals surface area contributed by atoms with Gasteiger partial charge >= 0.3 is 0 Å². The van der Waals surface area contributed by atoms with Crippen LogP contribution in [0.4, 0.5) is 0 Å². The predicted octanol–water partition coefficient (Wildman–Crippen LogP) is 3.02. The molecule has 0 aromatic carbocycles. The number of nitrogens with zero attached hydrogens (tertiary/aromatic N) is 1. The SMILES string of the molecule is Cc1nc(CC(C)CCNC(C)C)cs1. The van der Waals surface area contributed by atoms with E-state index < -0.39 is 0 Å². The quantitative estimate of drug-likeness (QED) is 0.806. The molecule has 86 valence electrons. The third-order valence-corrected chi connectivity index (χ3v) is 3.24. The molecule has 15 heavy (non-hydrogen) atoms. The van der Waals surface area contributed by atoms with Crippen molar-refractivity contribution >= 4 is 11.3 Å². The Kier molecular flexibility index (Phi) is 5.26.